The van der Waals surface area contributed by atoms with Gasteiger partial charge in [-0.25, -0.2) is 0 Å². The van der Waals surface area contributed by atoms with Crippen molar-refractivity contribution < 1.29 is 14.4 Å². The van der Waals surface area contributed by atoms with Crippen LogP contribution in [0.1, 0.15) is 13.3 Å². The van der Waals surface area contributed by atoms with Crippen LogP contribution in [-0.4, -0.2) is 30.8 Å². The smallest absolute Gasteiger partial charge is 0.227 e. The predicted octanol–water partition coefficient (Wildman–Crippen LogP) is 1.30. The van der Waals surface area contributed by atoms with E-state index in [1.807, 2.05) is 0 Å². The highest BCUT2D eigenvalue weighted by atomic mass is 16.2. The average Bonchev–Trinajstić information content (AvgIpc) is 2.87. The van der Waals surface area contributed by atoms with Crippen molar-refractivity contribution in [1.29, 1.82) is 0 Å². The van der Waals surface area contributed by atoms with Crippen molar-refractivity contribution in [1.82, 2.24) is 5.32 Å². The van der Waals surface area contributed by atoms with E-state index in [2.05, 4.69) is 17.2 Å². The number of nitrogens with one attached hydrogen (secondary N) is 2. The summed E-state index contributed by atoms with van der Waals surface area (Å²) in [4.78, 5) is 36.6. The maximum Gasteiger partial charge on any atom is 0.227 e. The molecule has 1 atom stereocenters. The maximum absolute atomic E-state index is 12.1. The summed E-state index contributed by atoms with van der Waals surface area (Å²) in [5, 5.41) is 5.38. The number of benzene rings is 1. The molecule has 0 saturated carbocycles. The molecule has 2 N–H and O–H groups in total. The fourth-order valence-corrected chi connectivity index (χ4v) is 2.38. The normalized spacial score (nSPS) is 17.2. The quantitative estimate of drug-likeness (QED) is 0.805. The molecule has 1 aromatic carbocycles. The lowest BCUT2D eigenvalue weighted by atomic mass is 10.1. The van der Waals surface area contributed by atoms with Crippen LogP contribution in [-0.2, 0) is 14.4 Å². The zero-order chi connectivity index (χ0) is 16.1. The third kappa shape index (κ3) is 3.72. The SMILES string of the molecule is C=CCNC(=O)C1CC(=O)N(c2ccc(NC(C)=O)cc2)C1. The van der Waals surface area contributed by atoms with Crippen LogP contribution < -0.4 is 15.5 Å². The molecule has 1 aliphatic rings. The van der Waals surface area contributed by atoms with Crippen molar-refractivity contribution in [3.63, 3.8) is 0 Å². The van der Waals surface area contributed by atoms with Gasteiger partial charge in [-0.3, -0.25) is 14.4 Å². The number of amides is 3. The minimum absolute atomic E-state index is 0.0777. The summed E-state index contributed by atoms with van der Waals surface area (Å²) in [5.41, 5.74) is 1.39. The number of anilines is 2. The highest BCUT2D eigenvalue weighted by molar-refractivity contribution is 6.00. The van der Waals surface area contributed by atoms with Gasteiger partial charge in [-0.2, -0.15) is 0 Å². The number of hydrogen-bond acceptors (Lipinski definition) is 3. The molecule has 1 saturated heterocycles. The number of carbonyl (C=O) groups is 3. The zero-order valence-corrected chi connectivity index (χ0v) is 12.5. The third-order valence-electron chi connectivity index (χ3n) is 3.42. The van der Waals surface area contributed by atoms with Crippen molar-refractivity contribution in [2.24, 2.45) is 5.92 Å². The molecule has 0 aromatic heterocycles. The van der Waals surface area contributed by atoms with Crippen molar-refractivity contribution >= 4 is 29.1 Å². The molecule has 1 aromatic rings. The molecule has 6 heteroatoms. The highest BCUT2D eigenvalue weighted by Crippen LogP contribution is 2.26. The number of rotatable bonds is 5. The van der Waals surface area contributed by atoms with Gasteiger partial charge in [0.15, 0.2) is 0 Å². The standard InChI is InChI=1S/C16H19N3O3/c1-3-8-17-16(22)12-9-15(21)19(10-12)14-6-4-13(5-7-14)18-11(2)20/h3-7,12H,1,8-10H2,2H3,(H,17,22)(H,18,20). The van der Waals surface area contributed by atoms with E-state index < -0.39 is 0 Å². The van der Waals surface area contributed by atoms with Crippen LogP contribution in [0, 0.1) is 5.92 Å². The summed E-state index contributed by atoms with van der Waals surface area (Å²) in [6, 6.07) is 6.98. The minimum atomic E-state index is -0.345. The second-order valence-electron chi connectivity index (χ2n) is 5.17. The zero-order valence-electron chi connectivity index (χ0n) is 12.5. The Morgan fingerprint density at radius 1 is 1.36 bits per heavy atom. The molecule has 1 unspecified atom stereocenters. The van der Waals surface area contributed by atoms with Crippen LogP contribution in [0.3, 0.4) is 0 Å². The molecule has 0 aliphatic carbocycles. The molecule has 22 heavy (non-hydrogen) atoms. The highest BCUT2D eigenvalue weighted by Gasteiger charge is 2.34. The van der Waals surface area contributed by atoms with E-state index in [0.29, 0.717) is 18.8 Å². The Morgan fingerprint density at radius 2 is 2.05 bits per heavy atom. The molecule has 0 spiro atoms. The lowest BCUT2D eigenvalue weighted by Crippen LogP contribution is -2.32. The van der Waals surface area contributed by atoms with Gasteiger partial charge in [-0.05, 0) is 24.3 Å². The lowest BCUT2D eigenvalue weighted by Gasteiger charge is -2.17. The minimum Gasteiger partial charge on any atom is -0.352 e. The van der Waals surface area contributed by atoms with Gasteiger partial charge in [0, 0.05) is 37.8 Å². The van der Waals surface area contributed by atoms with Crippen LogP contribution in [0.15, 0.2) is 36.9 Å². The Labute approximate surface area is 129 Å². The fraction of sp³-hybridized carbons (Fsp3) is 0.312. The summed E-state index contributed by atoms with van der Waals surface area (Å²) < 4.78 is 0. The summed E-state index contributed by atoms with van der Waals surface area (Å²) in [5.74, 6) is -0.705. The van der Waals surface area contributed by atoms with Gasteiger partial charge < -0.3 is 15.5 Å². The van der Waals surface area contributed by atoms with E-state index in [4.69, 9.17) is 0 Å². The molecule has 0 bridgehead atoms. The number of nitrogens with zero attached hydrogens (tertiary/aromatic N) is 1. The predicted molar refractivity (Wildman–Crippen MR) is 84.4 cm³/mol. The van der Waals surface area contributed by atoms with Crippen LogP contribution in [0.4, 0.5) is 11.4 Å². The molecule has 1 aliphatic heterocycles. The third-order valence-corrected chi connectivity index (χ3v) is 3.42. The monoisotopic (exact) mass is 301 g/mol. The van der Waals surface area contributed by atoms with E-state index in [1.165, 1.54) is 6.92 Å². The van der Waals surface area contributed by atoms with Crippen LogP contribution in [0.2, 0.25) is 0 Å². The van der Waals surface area contributed by atoms with Gasteiger partial charge in [-0.1, -0.05) is 6.08 Å². The van der Waals surface area contributed by atoms with Crippen molar-refractivity contribution in [2.75, 3.05) is 23.3 Å². The number of carbonyl (C=O) groups excluding carboxylic acids is 3. The molecule has 1 heterocycles. The Hall–Kier alpha value is -2.63. The first-order valence-electron chi connectivity index (χ1n) is 7.08. The largest absolute Gasteiger partial charge is 0.352 e. The van der Waals surface area contributed by atoms with Crippen LogP contribution >= 0.6 is 0 Å². The van der Waals surface area contributed by atoms with Gasteiger partial charge in [0.05, 0.1) is 5.92 Å². The molecule has 6 nitrogen and oxygen atoms in total. The summed E-state index contributed by atoms with van der Waals surface area (Å²) in [7, 11) is 0. The van der Waals surface area contributed by atoms with Gasteiger partial charge in [0.25, 0.3) is 0 Å². The maximum atomic E-state index is 12.1. The van der Waals surface area contributed by atoms with Gasteiger partial charge >= 0.3 is 0 Å². The Kier molecular flexibility index (Phi) is 4.93. The molecule has 116 valence electrons. The molecule has 1 fully saturated rings. The van der Waals surface area contributed by atoms with E-state index in [1.54, 1.807) is 35.2 Å². The number of hydrogen-bond donors (Lipinski definition) is 2. The fourth-order valence-electron chi connectivity index (χ4n) is 2.38. The van der Waals surface area contributed by atoms with Gasteiger partial charge in [-0.15, -0.1) is 6.58 Å². The topological polar surface area (TPSA) is 78.5 Å². The van der Waals surface area contributed by atoms with E-state index in [0.717, 1.165) is 5.69 Å². The van der Waals surface area contributed by atoms with Crippen molar-refractivity contribution in [3.8, 4) is 0 Å². The molecule has 0 radical (unpaired) electrons. The van der Waals surface area contributed by atoms with Crippen molar-refractivity contribution in [2.45, 2.75) is 13.3 Å². The van der Waals surface area contributed by atoms with Crippen LogP contribution in [0.25, 0.3) is 0 Å². The van der Waals surface area contributed by atoms with Gasteiger partial charge in [0.2, 0.25) is 17.7 Å². The first kappa shape index (κ1) is 15.8. The molecular formula is C16H19N3O3. The second-order valence-corrected chi connectivity index (χ2v) is 5.17. The van der Waals surface area contributed by atoms with E-state index in [-0.39, 0.29) is 30.1 Å². The summed E-state index contributed by atoms with van der Waals surface area (Å²) >= 11 is 0. The Morgan fingerprint density at radius 3 is 2.64 bits per heavy atom. The summed E-state index contributed by atoms with van der Waals surface area (Å²) in [6.45, 7) is 5.74. The first-order chi connectivity index (χ1) is 10.5. The molecule has 3 amide bonds. The van der Waals surface area contributed by atoms with Crippen LogP contribution in [0.5, 0.6) is 0 Å². The second kappa shape index (κ2) is 6.89. The Bertz CT molecular complexity index is 595. The van der Waals surface area contributed by atoms with E-state index >= 15 is 0 Å². The van der Waals surface area contributed by atoms with E-state index in [9.17, 15) is 14.4 Å². The lowest BCUT2D eigenvalue weighted by molar-refractivity contribution is -0.126. The Balaban J connectivity index is 2.03. The summed E-state index contributed by atoms with van der Waals surface area (Å²) in [6.07, 6.45) is 1.81. The molecular weight excluding hydrogens is 282 g/mol. The van der Waals surface area contributed by atoms with Gasteiger partial charge in [0.1, 0.15) is 0 Å². The average molecular weight is 301 g/mol. The first-order valence-corrected chi connectivity index (χ1v) is 7.08. The van der Waals surface area contributed by atoms with Crippen molar-refractivity contribution in [3.05, 3.63) is 36.9 Å². The molecule has 2 rings (SSSR count).